The summed E-state index contributed by atoms with van der Waals surface area (Å²) in [5.74, 6) is 1.39. The van der Waals surface area contributed by atoms with E-state index in [0.29, 0.717) is 11.8 Å². The van der Waals surface area contributed by atoms with E-state index in [2.05, 4.69) is 37.5 Å². The first-order chi connectivity index (χ1) is 14.1. The van der Waals surface area contributed by atoms with E-state index in [0.717, 1.165) is 38.7 Å². The molecule has 1 saturated carbocycles. The van der Waals surface area contributed by atoms with Gasteiger partial charge in [-0.05, 0) is 31.4 Å². The van der Waals surface area contributed by atoms with Crippen LogP contribution >= 0.6 is 11.8 Å². The van der Waals surface area contributed by atoms with Crippen LogP contribution in [-0.4, -0.2) is 30.9 Å². The van der Waals surface area contributed by atoms with Gasteiger partial charge in [0.1, 0.15) is 5.82 Å². The van der Waals surface area contributed by atoms with E-state index < -0.39 is 0 Å². The molecule has 0 spiro atoms. The lowest BCUT2D eigenvalue weighted by Gasteiger charge is -2.09. The van der Waals surface area contributed by atoms with E-state index in [1.165, 1.54) is 24.6 Å². The second kappa shape index (κ2) is 7.19. The molecule has 0 bridgehead atoms. The molecule has 29 heavy (non-hydrogen) atoms. The van der Waals surface area contributed by atoms with Crippen molar-refractivity contribution in [2.24, 2.45) is 7.05 Å². The SMILES string of the molecule is Cc1nnc(SCC(=O)c2c(-c3ccccc3)n(C)c3ccccc23)n1C1CC1. The predicted octanol–water partition coefficient (Wildman–Crippen LogP) is 5.06. The maximum atomic E-state index is 13.5. The molecule has 2 heterocycles. The monoisotopic (exact) mass is 402 g/mol. The number of hydrogen-bond donors (Lipinski definition) is 0. The number of aryl methyl sites for hydroxylation is 2. The van der Waals surface area contributed by atoms with Crippen LogP contribution in [0.1, 0.15) is 35.1 Å². The van der Waals surface area contributed by atoms with Gasteiger partial charge in [-0.25, -0.2) is 0 Å². The molecule has 4 aromatic rings. The Morgan fingerprint density at radius 3 is 2.55 bits per heavy atom. The number of carbonyl (C=O) groups is 1. The van der Waals surface area contributed by atoms with Crippen LogP contribution in [0.25, 0.3) is 22.2 Å². The van der Waals surface area contributed by atoms with Crippen molar-refractivity contribution in [3.05, 3.63) is 66.0 Å². The summed E-state index contributed by atoms with van der Waals surface area (Å²) in [6, 6.07) is 18.8. The van der Waals surface area contributed by atoms with Gasteiger partial charge in [0.05, 0.1) is 17.0 Å². The van der Waals surface area contributed by atoms with Crippen LogP contribution in [0.4, 0.5) is 0 Å². The van der Waals surface area contributed by atoms with Crippen LogP contribution in [0.2, 0.25) is 0 Å². The summed E-state index contributed by atoms with van der Waals surface area (Å²) < 4.78 is 4.30. The van der Waals surface area contributed by atoms with Gasteiger partial charge in [0.25, 0.3) is 0 Å². The number of rotatable bonds is 6. The minimum atomic E-state index is 0.119. The van der Waals surface area contributed by atoms with Crippen LogP contribution < -0.4 is 0 Å². The van der Waals surface area contributed by atoms with Crippen molar-refractivity contribution in [3.8, 4) is 11.3 Å². The van der Waals surface area contributed by atoms with Gasteiger partial charge in [0.15, 0.2) is 10.9 Å². The molecule has 1 aliphatic rings. The smallest absolute Gasteiger partial charge is 0.191 e. The van der Waals surface area contributed by atoms with Crippen molar-refractivity contribution in [1.82, 2.24) is 19.3 Å². The lowest BCUT2D eigenvalue weighted by molar-refractivity contribution is 0.102. The molecule has 6 heteroatoms. The lowest BCUT2D eigenvalue weighted by atomic mass is 10.0. The van der Waals surface area contributed by atoms with Crippen molar-refractivity contribution in [2.45, 2.75) is 31.0 Å². The number of ketones is 1. The number of para-hydroxylation sites is 1. The summed E-state index contributed by atoms with van der Waals surface area (Å²) in [5.41, 5.74) is 3.88. The second-order valence-corrected chi connectivity index (χ2v) is 8.45. The lowest BCUT2D eigenvalue weighted by Crippen LogP contribution is -2.07. The van der Waals surface area contributed by atoms with Gasteiger partial charge in [0, 0.05) is 24.0 Å². The van der Waals surface area contributed by atoms with Crippen LogP contribution in [0.15, 0.2) is 59.8 Å². The molecule has 0 amide bonds. The summed E-state index contributed by atoms with van der Waals surface area (Å²) >= 11 is 1.49. The van der Waals surface area contributed by atoms with Gasteiger partial charge >= 0.3 is 0 Å². The van der Waals surface area contributed by atoms with E-state index in [1.807, 2.05) is 50.4 Å². The average molecular weight is 403 g/mol. The Hall–Kier alpha value is -2.86. The van der Waals surface area contributed by atoms with E-state index >= 15 is 0 Å². The van der Waals surface area contributed by atoms with E-state index in [9.17, 15) is 4.79 Å². The maximum Gasteiger partial charge on any atom is 0.191 e. The molecule has 0 radical (unpaired) electrons. The third-order valence-corrected chi connectivity index (χ3v) is 6.46. The molecule has 0 atom stereocenters. The van der Waals surface area contributed by atoms with Crippen LogP contribution in [0.3, 0.4) is 0 Å². The predicted molar refractivity (Wildman–Crippen MR) is 116 cm³/mol. The summed E-state index contributed by atoms with van der Waals surface area (Å²) in [6.45, 7) is 1.98. The molecular weight excluding hydrogens is 380 g/mol. The Labute approximate surface area is 173 Å². The van der Waals surface area contributed by atoms with E-state index in [1.54, 1.807) is 0 Å². The third-order valence-electron chi connectivity index (χ3n) is 5.51. The zero-order chi connectivity index (χ0) is 20.0. The topological polar surface area (TPSA) is 52.7 Å². The van der Waals surface area contributed by atoms with E-state index in [-0.39, 0.29) is 5.78 Å². The van der Waals surface area contributed by atoms with Crippen LogP contribution in [0.5, 0.6) is 0 Å². The van der Waals surface area contributed by atoms with Gasteiger partial charge in [0.2, 0.25) is 0 Å². The van der Waals surface area contributed by atoms with Crippen molar-refractivity contribution in [1.29, 1.82) is 0 Å². The van der Waals surface area contributed by atoms with Crippen molar-refractivity contribution >= 4 is 28.4 Å². The largest absolute Gasteiger partial charge is 0.343 e. The summed E-state index contributed by atoms with van der Waals surface area (Å²) in [6.07, 6.45) is 2.34. The molecule has 0 aliphatic heterocycles. The first kappa shape index (κ1) is 18.2. The normalized spacial score (nSPS) is 13.9. The van der Waals surface area contributed by atoms with Gasteiger partial charge in [-0.15, -0.1) is 10.2 Å². The zero-order valence-corrected chi connectivity index (χ0v) is 17.3. The third kappa shape index (κ3) is 3.17. The molecular formula is C23H22N4OS. The van der Waals surface area contributed by atoms with Crippen LogP contribution in [-0.2, 0) is 7.05 Å². The molecule has 0 saturated heterocycles. The molecule has 1 aliphatic carbocycles. The number of nitrogens with zero attached hydrogens (tertiary/aromatic N) is 4. The summed E-state index contributed by atoms with van der Waals surface area (Å²) in [7, 11) is 2.03. The number of fused-ring (bicyclic) bond motifs is 1. The highest BCUT2D eigenvalue weighted by atomic mass is 32.2. The molecule has 2 aromatic heterocycles. The Morgan fingerprint density at radius 1 is 1.07 bits per heavy atom. The van der Waals surface area contributed by atoms with Crippen molar-refractivity contribution in [3.63, 3.8) is 0 Å². The number of benzene rings is 2. The highest BCUT2D eigenvalue weighted by Crippen LogP contribution is 2.39. The van der Waals surface area contributed by atoms with Gasteiger partial charge in [-0.3, -0.25) is 4.79 Å². The summed E-state index contributed by atoms with van der Waals surface area (Å²) in [5, 5.41) is 10.4. The number of thioether (sulfide) groups is 1. The standard InChI is InChI=1S/C23H22N4OS/c1-15-24-25-23(27(15)17-12-13-17)29-14-20(28)21-18-10-6-7-11-19(18)26(2)22(21)16-8-4-3-5-9-16/h3-11,17H,12-14H2,1-2H3. The first-order valence-electron chi connectivity index (χ1n) is 9.85. The van der Waals surface area contributed by atoms with E-state index in [4.69, 9.17) is 0 Å². The first-order valence-corrected chi connectivity index (χ1v) is 10.8. The van der Waals surface area contributed by atoms with Crippen molar-refractivity contribution in [2.75, 3.05) is 5.75 Å². The molecule has 0 unspecified atom stereocenters. The number of aromatic nitrogens is 4. The van der Waals surface area contributed by atoms with Gasteiger partial charge in [-0.1, -0.05) is 60.3 Å². The molecule has 5 rings (SSSR count). The molecule has 1 fully saturated rings. The molecule has 5 nitrogen and oxygen atoms in total. The Morgan fingerprint density at radius 2 is 1.79 bits per heavy atom. The molecule has 2 aromatic carbocycles. The average Bonchev–Trinajstić information content (AvgIpc) is 3.45. The Kier molecular flexibility index (Phi) is 4.51. The maximum absolute atomic E-state index is 13.5. The van der Waals surface area contributed by atoms with Gasteiger partial charge in [-0.2, -0.15) is 0 Å². The fraction of sp³-hybridized carbons (Fsp3) is 0.261. The number of hydrogen-bond acceptors (Lipinski definition) is 4. The molecule has 0 N–H and O–H groups in total. The fourth-order valence-corrected chi connectivity index (χ4v) is 4.94. The fourth-order valence-electron chi connectivity index (χ4n) is 4.01. The highest BCUT2D eigenvalue weighted by Gasteiger charge is 2.29. The Balaban J connectivity index is 1.53. The minimum Gasteiger partial charge on any atom is -0.343 e. The second-order valence-electron chi connectivity index (χ2n) is 7.51. The van der Waals surface area contributed by atoms with Crippen molar-refractivity contribution < 1.29 is 4.79 Å². The Bertz CT molecular complexity index is 1200. The molecule has 146 valence electrons. The number of Topliss-reactive ketones (excluding diaryl/α,β-unsaturated/α-hetero) is 1. The summed E-state index contributed by atoms with van der Waals surface area (Å²) in [4.78, 5) is 13.5. The van der Waals surface area contributed by atoms with Gasteiger partial charge < -0.3 is 9.13 Å². The minimum absolute atomic E-state index is 0.119. The quantitative estimate of drug-likeness (QED) is 0.334. The zero-order valence-electron chi connectivity index (χ0n) is 16.5. The number of carbonyl (C=O) groups excluding carboxylic acids is 1. The van der Waals surface area contributed by atoms with Crippen LogP contribution in [0, 0.1) is 6.92 Å². The highest BCUT2D eigenvalue weighted by molar-refractivity contribution is 7.99.